The lowest BCUT2D eigenvalue weighted by molar-refractivity contribution is 0.0963. The van der Waals surface area contributed by atoms with Gasteiger partial charge in [0.15, 0.2) is 5.78 Å². The molecule has 0 atom stereocenters. The molecule has 0 aliphatic carbocycles. The molecule has 2 aromatic rings. The molecule has 0 aliphatic heterocycles. The first-order chi connectivity index (χ1) is 9.13. The summed E-state index contributed by atoms with van der Waals surface area (Å²) < 4.78 is 19.6. The first-order valence-electron chi connectivity index (χ1n) is 5.60. The number of hydrogen-bond donors (Lipinski definition) is 1. The van der Waals surface area contributed by atoms with E-state index in [9.17, 15) is 9.18 Å². The molecule has 1 aromatic carbocycles. The molecule has 2 N–H and O–H groups in total. The van der Waals surface area contributed by atoms with Crippen LogP contribution in [0, 0.1) is 5.82 Å². The standard InChI is InChI=1S/C12H13FN4O2/c1-19-12-3-2-8(13)4-10(12)11(18)7-17-6-9(5-14)15-16-17/h2-4,6H,5,7,14H2,1H3. The third-order valence-corrected chi connectivity index (χ3v) is 2.56. The molecule has 7 heteroatoms. The van der Waals surface area contributed by atoms with Crippen molar-refractivity contribution in [2.75, 3.05) is 7.11 Å². The van der Waals surface area contributed by atoms with Crippen LogP contribution in [0.25, 0.3) is 0 Å². The van der Waals surface area contributed by atoms with Crippen LogP contribution < -0.4 is 10.5 Å². The predicted octanol–water partition coefficient (Wildman–Crippen LogP) is 0.767. The van der Waals surface area contributed by atoms with Gasteiger partial charge in [0, 0.05) is 6.54 Å². The van der Waals surface area contributed by atoms with Gasteiger partial charge in [-0.05, 0) is 18.2 Å². The third-order valence-electron chi connectivity index (χ3n) is 2.56. The largest absolute Gasteiger partial charge is 0.496 e. The highest BCUT2D eigenvalue weighted by atomic mass is 19.1. The van der Waals surface area contributed by atoms with Gasteiger partial charge in [-0.1, -0.05) is 5.21 Å². The van der Waals surface area contributed by atoms with Crippen LogP contribution >= 0.6 is 0 Å². The summed E-state index contributed by atoms with van der Waals surface area (Å²) >= 11 is 0. The van der Waals surface area contributed by atoms with E-state index in [2.05, 4.69) is 10.3 Å². The van der Waals surface area contributed by atoms with E-state index in [1.165, 1.54) is 23.9 Å². The van der Waals surface area contributed by atoms with Gasteiger partial charge in [-0.15, -0.1) is 5.10 Å². The SMILES string of the molecule is COc1ccc(F)cc1C(=O)Cn1cc(CN)nn1. The number of carbonyl (C=O) groups excluding carboxylic acids is 1. The van der Waals surface area contributed by atoms with Crippen molar-refractivity contribution in [3.63, 3.8) is 0 Å². The fourth-order valence-electron chi connectivity index (χ4n) is 1.64. The van der Waals surface area contributed by atoms with Gasteiger partial charge in [0.1, 0.15) is 18.1 Å². The summed E-state index contributed by atoms with van der Waals surface area (Å²) in [6.07, 6.45) is 1.57. The molecular weight excluding hydrogens is 251 g/mol. The Hall–Kier alpha value is -2.28. The second kappa shape index (κ2) is 5.57. The first kappa shape index (κ1) is 13.2. The number of hydrogen-bond acceptors (Lipinski definition) is 5. The smallest absolute Gasteiger partial charge is 0.188 e. The Bertz CT molecular complexity index is 597. The molecule has 0 radical (unpaired) electrons. The van der Waals surface area contributed by atoms with E-state index in [-0.39, 0.29) is 24.4 Å². The number of rotatable bonds is 5. The van der Waals surface area contributed by atoms with Crippen molar-refractivity contribution in [2.45, 2.75) is 13.1 Å². The minimum absolute atomic E-state index is 0.0488. The highest BCUT2D eigenvalue weighted by molar-refractivity contribution is 5.98. The van der Waals surface area contributed by atoms with E-state index in [0.717, 1.165) is 6.07 Å². The zero-order valence-corrected chi connectivity index (χ0v) is 10.3. The zero-order valence-electron chi connectivity index (χ0n) is 10.3. The summed E-state index contributed by atoms with van der Waals surface area (Å²) in [5.74, 6) is -0.485. The maximum absolute atomic E-state index is 13.2. The number of Topliss-reactive ketones (excluding diaryl/α,β-unsaturated/α-hetero) is 1. The van der Waals surface area contributed by atoms with Crippen LogP contribution in [-0.2, 0) is 13.1 Å². The molecule has 19 heavy (non-hydrogen) atoms. The Balaban J connectivity index is 2.21. The molecule has 1 aromatic heterocycles. The molecule has 0 unspecified atom stereocenters. The second-order valence-electron chi connectivity index (χ2n) is 3.88. The fraction of sp³-hybridized carbons (Fsp3) is 0.250. The predicted molar refractivity (Wildman–Crippen MR) is 65.2 cm³/mol. The second-order valence-corrected chi connectivity index (χ2v) is 3.88. The van der Waals surface area contributed by atoms with Gasteiger partial charge in [-0.25, -0.2) is 9.07 Å². The van der Waals surface area contributed by atoms with E-state index in [0.29, 0.717) is 11.4 Å². The molecule has 0 saturated heterocycles. The summed E-state index contributed by atoms with van der Waals surface area (Å²) in [6, 6.07) is 3.79. The average molecular weight is 264 g/mol. The highest BCUT2D eigenvalue weighted by Gasteiger charge is 2.14. The summed E-state index contributed by atoms with van der Waals surface area (Å²) in [5, 5.41) is 7.53. The van der Waals surface area contributed by atoms with Crippen molar-refractivity contribution in [1.82, 2.24) is 15.0 Å². The van der Waals surface area contributed by atoms with Crippen molar-refractivity contribution in [3.8, 4) is 5.75 Å². The fourth-order valence-corrected chi connectivity index (χ4v) is 1.64. The summed E-state index contributed by atoms with van der Waals surface area (Å²) in [7, 11) is 1.42. The Kier molecular flexibility index (Phi) is 3.86. The number of benzene rings is 1. The first-order valence-corrected chi connectivity index (χ1v) is 5.60. The normalized spacial score (nSPS) is 10.5. The van der Waals surface area contributed by atoms with E-state index in [1.807, 2.05) is 0 Å². The van der Waals surface area contributed by atoms with Crippen molar-refractivity contribution in [3.05, 3.63) is 41.5 Å². The van der Waals surface area contributed by atoms with Crippen molar-refractivity contribution in [2.24, 2.45) is 5.73 Å². The average Bonchev–Trinajstić information content (AvgIpc) is 2.86. The molecule has 100 valence electrons. The molecule has 0 fully saturated rings. The van der Waals surface area contributed by atoms with Crippen LogP contribution in [0.5, 0.6) is 5.75 Å². The number of aromatic nitrogens is 3. The van der Waals surface area contributed by atoms with Gasteiger partial charge in [0.25, 0.3) is 0 Å². The lowest BCUT2D eigenvalue weighted by Gasteiger charge is -2.07. The maximum Gasteiger partial charge on any atom is 0.188 e. The molecule has 0 spiro atoms. The lowest BCUT2D eigenvalue weighted by atomic mass is 10.1. The molecule has 0 aliphatic rings. The van der Waals surface area contributed by atoms with Gasteiger partial charge < -0.3 is 10.5 Å². The number of ether oxygens (including phenoxy) is 1. The number of halogens is 1. The van der Waals surface area contributed by atoms with Crippen LogP contribution in [0.15, 0.2) is 24.4 Å². The van der Waals surface area contributed by atoms with E-state index < -0.39 is 5.82 Å². The summed E-state index contributed by atoms with van der Waals surface area (Å²) in [4.78, 5) is 12.1. The zero-order chi connectivity index (χ0) is 13.8. The molecule has 6 nitrogen and oxygen atoms in total. The van der Waals surface area contributed by atoms with Crippen molar-refractivity contribution < 1.29 is 13.9 Å². The summed E-state index contributed by atoms with van der Waals surface area (Å²) in [5.41, 5.74) is 6.16. The van der Waals surface area contributed by atoms with Gasteiger partial charge in [0.2, 0.25) is 0 Å². The van der Waals surface area contributed by atoms with Gasteiger partial charge in [-0.2, -0.15) is 0 Å². The van der Waals surface area contributed by atoms with E-state index >= 15 is 0 Å². The topological polar surface area (TPSA) is 83.0 Å². The Morgan fingerprint density at radius 2 is 2.32 bits per heavy atom. The molecule has 0 bridgehead atoms. The van der Waals surface area contributed by atoms with Gasteiger partial charge in [-0.3, -0.25) is 4.79 Å². The number of nitrogens with two attached hydrogens (primary N) is 1. The number of nitrogens with zero attached hydrogens (tertiary/aromatic N) is 3. The molecule has 2 rings (SSSR count). The molecule has 1 heterocycles. The van der Waals surface area contributed by atoms with E-state index in [1.54, 1.807) is 6.20 Å². The van der Waals surface area contributed by atoms with Crippen LogP contribution in [0.1, 0.15) is 16.1 Å². The minimum atomic E-state index is -0.495. The molecule has 0 amide bonds. The number of methoxy groups -OCH3 is 1. The third kappa shape index (κ3) is 2.94. The van der Waals surface area contributed by atoms with E-state index in [4.69, 9.17) is 10.5 Å². The monoisotopic (exact) mass is 264 g/mol. The highest BCUT2D eigenvalue weighted by Crippen LogP contribution is 2.20. The van der Waals surface area contributed by atoms with Crippen LogP contribution in [0.3, 0.4) is 0 Å². The van der Waals surface area contributed by atoms with Crippen molar-refractivity contribution >= 4 is 5.78 Å². The number of ketones is 1. The van der Waals surface area contributed by atoms with Crippen LogP contribution in [0.2, 0.25) is 0 Å². The Labute approximate surface area is 109 Å². The Morgan fingerprint density at radius 1 is 1.53 bits per heavy atom. The Morgan fingerprint density at radius 3 is 2.95 bits per heavy atom. The maximum atomic E-state index is 13.2. The van der Waals surface area contributed by atoms with Crippen LogP contribution in [-0.4, -0.2) is 27.9 Å². The molecule has 0 saturated carbocycles. The minimum Gasteiger partial charge on any atom is -0.496 e. The summed E-state index contributed by atoms with van der Waals surface area (Å²) in [6.45, 7) is 0.199. The van der Waals surface area contributed by atoms with Crippen LogP contribution in [0.4, 0.5) is 4.39 Å². The van der Waals surface area contributed by atoms with Gasteiger partial charge in [0.05, 0.1) is 24.6 Å². The van der Waals surface area contributed by atoms with Gasteiger partial charge >= 0.3 is 0 Å². The quantitative estimate of drug-likeness (QED) is 0.806. The van der Waals surface area contributed by atoms with Crippen molar-refractivity contribution in [1.29, 1.82) is 0 Å². The number of carbonyl (C=O) groups is 1. The molecular formula is C12H13FN4O2. The lowest BCUT2D eigenvalue weighted by Crippen LogP contribution is -2.12.